The van der Waals surface area contributed by atoms with Crippen molar-refractivity contribution in [2.75, 3.05) is 0 Å². The molecule has 2 amide bonds. The Bertz CT molecular complexity index is 838. The third-order valence-electron chi connectivity index (χ3n) is 3.12. The number of thiocarbonyl (C=S) groups is 1. The Morgan fingerprint density at radius 1 is 1.21 bits per heavy atom. The van der Waals surface area contributed by atoms with Crippen LogP contribution >= 0.6 is 39.9 Å². The zero-order chi connectivity index (χ0) is 17.1. The third-order valence-corrected chi connectivity index (χ3v) is 4.95. The molecule has 120 valence electrons. The van der Waals surface area contributed by atoms with Crippen molar-refractivity contribution in [3.05, 3.63) is 69.3 Å². The SMILES string of the molecule is O=C(NN1C(=O)/C(=C\c2ccc(Br)cc2)SC1=S)c1ccncc1. The number of rotatable bonds is 3. The molecule has 8 heteroatoms. The summed E-state index contributed by atoms with van der Waals surface area (Å²) >= 11 is 9.71. The molecule has 0 radical (unpaired) electrons. The topological polar surface area (TPSA) is 62.3 Å². The van der Waals surface area contributed by atoms with E-state index in [1.54, 1.807) is 18.2 Å². The van der Waals surface area contributed by atoms with Crippen molar-refractivity contribution in [1.29, 1.82) is 0 Å². The molecule has 1 fully saturated rings. The first-order valence-corrected chi connectivity index (χ1v) is 8.81. The van der Waals surface area contributed by atoms with Gasteiger partial charge in [-0.3, -0.25) is 20.0 Å². The van der Waals surface area contributed by atoms with Crippen molar-refractivity contribution in [2.45, 2.75) is 0 Å². The molecule has 1 aromatic carbocycles. The fraction of sp³-hybridized carbons (Fsp3) is 0. The van der Waals surface area contributed by atoms with Gasteiger partial charge in [0.25, 0.3) is 11.8 Å². The van der Waals surface area contributed by atoms with Crippen molar-refractivity contribution in [2.24, 2.45) is 0 Å². The van der Waals surface area contributed by atoms with Gasteiger partial charge in [-0.2, -0.15) is 5.01 Å². The number of benzene rings is 1. The molecule has 1 aliphatic rings. The quantitative estimate of drug-likeness (QED) is 0.610. The smallest absolute Gasteiger partial charge is 0.267 e. The van der Waals surface area contributed by atoms with Crippen molar-refractivity contribution in [3.8, 4) is 0 Å². The first kappa shape index (κ1) is 16.8. The Hall–Kier alpha value is -2.03. The first-order chi connectivity index (χ1) is 11.5. The lowest BCUT2D eigenvalue weighted by atomic mass is 10.2. The van der Waals surface area contributed by atoms with Gasteiger partial charge in [-0.05, 0) is 48.1 Å². The Labute approximate surface area is 156 Å². The lowest BCUT2D eigenvalue weighted by Crippen LogP contribution is -2.44. The van der Waals surface area contributed by atoms with E-state index < -0.39 is 5.91 Å². The molecular weight excluding hydrogens is 410 g/mol. The van der Waals surface area contributed by atoms with Gasteiger partial charge >= 0.3 is 0 Å². The Morgan fingerprint density at radius 3 is 2.54 bits per heavy atom. The second-order valence-electron chi connectivity index (χ2n) is 4.75. The number of carbonyl (C=O) groups excluding carboxylic acids is 2. The standard InChI is InChI=1S/C16H10BrN3O2S2/c17-12-3-1-10(2-4-12)9-13-15(22)20(16(23)24-13)19-14(21)11-5-7-18-8-6-11/h1-9H,(H,19,21)/b13-9+. The molecule has 1 N–H and O–H groups in total. The summed E-state index contributed by atoms with van der Waals surface area (Å²) in [5, 5.41) is 1.09. The van der Waals surface area contributed by atoms with E-state index in [-0.39, 0.29) is 10.2 Å². The normalized spacial score (nSPS) is 15.9. The van der Waals surface area contributed by atoms with Gasteiger partial charge < -0.3 is 0 Å². The number of hydrogen-bond donors (Lipinski definition) is 1. The van der Waals surface area contributed by atoms with Gasteiger partial charge in [-0.15, -0.1) is 0 Å². The minimum Gasteiger partial charge on any atom is -0.267 e. The van der Waals surface area contributed by atoms with E-state index >= 15 is 0 Å². The Kier molecular flexibility index (Phi) is 5.08. The molecular formula is C16H10BrN3O2S2. The number of nitrogens with zero attached hydrogens (tertiary/aromatic N) is 2. The third kappa shape index (κ3) is 3.72. The average Bonchev–Trinajstić information content (AvgIpc) is 2.85. The Balaban J connectivity index is 1.77. The van der Waals surface area contributed by atoms with Crippen molar-refractivity contribution < 1.29 is 9.59 Å². The summed E-state index contributed by atoms with van der Waals surface area (Å²) in [5.41, 5.74) is 3.80. The number of pyridine rings is 1. The molecule has 1 aliphatic heterocycles. The van der Waals surface area contributed by atoms with Crippen LogP contribution in [-0.4, -0.2) is 26.1 Å². The van der Waals surface area contributed by atoms with Crippen LogP contribution in [0.15, 0.2) is 58.2 Å². The number of nitrogens with one attached hydrogen (secondary N) is 1. The van der Waals surface area contributed by atoms with E-state index in [0.717, 1.165) is 26.8 Å². The number of aromatic nitrogens is 1. The molecule has 0 atom stereocenters. The van der Waals surface area contributed by atoms with Crippen LogP contribution in [-0.2, 0) is 4.79 Å². The second kappa shape index (κ2) is 7.25. The molecule has 2 heterocycles. The van der Waals surface area contributed by atoms with Crippen LogP contribution in [0, 0.1) is 0 Å². The highest BCUT2D eigenvalue weighted by molar-refractivity contribution is 9.10. The highest BCUT2D eigenvalue weighted by Gasteiger charge is 2.33. The van der Waals surface area contributed by atoms with Crippen molar-refractivity contribution in [1.82, 2.24) is 15.4 Å². The van der Waals surface area contributed by atoms with Crippen LogP contribution in [0.3, 0.4) is 0 Å². The summed E-state index contributed by atoms with van der Waals surface area (Å²) < 4.78 is 1.24. The molecule has 0 spiro atoms. The number of carbonyl (C=O) groups is 2. The van der Waals surface area contributed by atoms with E-state index in [0.29, 0.717) is 10.5 Å². The molecule has 0 unspecified atom stereocenters. The number of thioether (sulfide) groups is 1. The van der Waals surface area contributed by atoms with Crippen LogP contribution in [0.25, 0.3) is 6.08 Å². The van der Waals surface area contributed by atoms with Gasteiger partial charge in [-0.1, -0.05) is 39.8 Å². The summed E-state index contributed by atoms with van der Waals surface area (Å²) in [6, 6.07) is 10.7. The predicted octanol–water partition coefficient (Wildman–Crippen LogP) is 3.39. The van der Waals surface area contributed by atoms with E-state index in [9.17, 15) is 9.59 Å². The zero-order valence-corrected chi connectivity index (χ0v) is 15.3. The lowest BCUT2D eigenvalue weighted by molar-refractivity contribution is -0.123. The highest BCUT2D eigenvalue weighted by Crippen LogP contribution is 2.31. The molecule has 24 heavy (non-hydrogen) atoms. The molecule has 1 saturated heterocycles. The lowest BCUT2D eigenvalue weighted by Gasteiger charge is -2.15. The molecule has 0 bridgehead atoms. The maximum atomic E-state index is 12.5. The van der Waals surface area contributed by atoms with Gasteiger partial charge in [0.2, 0.25) is 0 Å². The van der Waals surface area contributed by atoms with Gasteiger partial charge in [0, 0.05) is 22.4 Å². The van der Waals surface area contributed by atoms with E-state index in [4.69, 9.17) is 12.2 Å². The van der Waals surface area contributed by atoms with Gasteiger partial charge in [0.1, 0.15) is 0 Å². The van der Waals surface area contributed by atoms with Crippen LogP contribution in [0.5, 0.6) is 0 Å². The molecule has 3 rings (SSSR count). The summed E-state index contributed by atoms with van der Waals surface area (Å²) in [4.78, 5) is 28.9. The fourth-order valence-corrected chi connectivity index (χ4v) is 3.39. The summed E-state index contributed by atoms with van der Waals surface area (Å²) in [6.07, 6.45) is 4.75. The molecule has 1 aromatic heterocycles. The maximum absolute atomic E-state index is 12.5. The van der Waals surface area contributed by atoms with Gasteiger partial charge in [0.15, 0.2) is 4.32 Å². The molecule has 2 aromatic rings. The summed E-state index contributed by atoms with van der Waals surface area (Å²) in [6.45, 7) is 0. The minimum atomic E-state index is -0.418. The maximum Gasteiger partial charge on any atom is 0.285 e. The fourth-order valence-electron chi connectivity index (χ4n) is 1.94. The number of hydrogen-bond acceptors (Lipinski definition) is 5. The largest absolute Gasteiger partial charge is 0.285 e. The van der Waals surface area contributed by atoms with Crippen LogP contribution < -0.4 is 5.43 Å². The minimum absolute atomic E-state index is 0.283. The van der Waals surface area contributed by atoms with Crippen LogP contribution in [0.1, 0.15) is 15.9 Å². The van der Waals surface area contributed by atoms with E-state index in [1.165, 1.54) is 12.4 Å². The predicted molar refractivity (Wildman–Crippen MR) is 101 cm³/mol. The van der Waals surface area contributed by atoms with E-state index in [2.05, 4.69) is 26.3 Å². The highest BCUT2D eigenvalue weighted by atomic mass is 79.9. The second-order valence-corrected chi connectivity index (χ2v) is 7.34. The number of hydrazine groups is 1. The summed E-state index contributed by atoms with van der Waals surface area (Å²) in [7, 11) is 0. The first-order valence-electron chi connectivity index (χ1n) is 6.79. The molecule has 5 nitrogen and oxygen atoms in total. The summed E-state index contributed by atoms with van der Waals surface area (Å²) in [5.74, 6) is -0.770. The average molecular weight is 420 g/mol. The number of amides is 2. The molecule has 0 aliphatic carbocycles. The molecule has 0 saturated carbocycles. The zero-order valence-electron chi connectivity index (χ0n) is 12.1. The van der Waals surface area contributed by atoms with E-state index in [1.807, 2.05) is 24.3 Å². The van der Waals surface area contributed by atoms with Gasteiger partial charge in [0.05, 0.1) is 4.91 Å². The van der Waals surface area contributed by atoms with Crippen molar-refractivity contribution in [3.63, 3.8) is 0 Å². The number of halogens is 1. The van der Waals surface area contributed by atoms with Crippen molar-refractivity contribution >= 4 is 62.1 Å². The van der Waals surface area contributed by atoms with Crippen LogP contribution in [0.4, 0.5) is 0 Å². The van der Waals surface area contributed by atoms with Gasteiger partial charge in [-0.25, -0.2) is 0 Å². The van der Waals surface area contributed by atoms with Crippen LogP contribution in [0.2, 0.25) is 0 Å². The monoisotopic (exact) mass is 419 g/mol. The Morgan fingerprint density at radius 2 is 1.88 bits per heavy atom.